The molecule has 29 heavy (non-hydrogen) atoms. The Morgan fingerprint density at radius 1 is 1.00 bits per heavy atom. The van der Waals surface area contributed by atoms with Gasteiger partial charge in [-0.25, -0.2) is 9.07 Å². The average molecular weight is 412 g/mol. The van der Waals surface area contributed by atoms with Crippen LogP contribution in [0.4, 0.5) is 10.1 Å². The summed E-state index contributed by atoms with van der Waals surface area (Å²) in [5.74, 6) is 0.270. The maximum Gasteiger partial charge on any atom is 0.199 e. The van der Waals surface area contributed by atoms with Gasteiger partial charge >= 0.3 is 0 Å². The van der Waals surface area contributed by atoms with Crippen LogP contribution < -0.4 is 4.90 Å². The van der Waals surface area contributed by atoms with E-state index in [0.29, 0.717) is 22.8 Å². The van der Waals surface area contributed by atoms with Gasteiger partial charge in [0, 0.05) is 38.9 Å². The minimum absolute atomic E-state index is 0.287. The van der Waals surface area contributed by atoms with E-state index >= 15 is 0 Å². The first-order chi connectivity index (χ1) is 14.0. The largest absolute Gasteiger partial charge is 0.369 e. The quantitative estimate of drug-likeness (QED) is 0.603. The molecule has 0 N–H and O–H groups in total. The standard InChI is InChI=1S/C22H26FN5S/c1-16-7-6-10-20(17(16)2)27-13-11-26(12-14-27)15-28-22(29)25(3)21(24-28)18-8-4-5-9-19(18)23/h4-10H,11-15H2,1-3H3. The van der Waals surface area contributed by atoms with E-state index in [2.05, 4.69) is 46.9 Å². The fraction of sp³-hybridized carbons (Fsp3) is 0.364. The van der Waals surface area contributed by atoms with E-state index < -0.39 is 0 Å². The van der Waals surface area contributed by atoms with Crippen molar-refractivity contribution in [2.24, 2.45) is 7.05 Å². The lowest BCUT2D eigenvalue weighted by atomic mass is 10.1. The Balaban J connectivity index is 1.48. The Kier molecular flexibility index (Phi) is 5.52. The molecule has 2 aromatic carbocycles. The highest BCUT2D eigenvalue weighted by molar-refractivity contribution is 7.71. The number of benzene rings is 2. The average Bonchev–Trinajstić information content (AvgIpc) is 2.99. The predicted octanol–water partition coefficient (Wildman–Crippen LogP) is 4.15. The highest BCUT2D eigenvalue weighted by Gasteiger charge is 2.21. The van der Waals surface area contributed by atoms with Gasteiger partial charge in [-0.15, -0.1) is 0 Å². The third-order valence-corrected chi connectivity index (χ3v) is 6.26. The van der Waals surface area contributed by atoms with E-state index in [4.69, 9.17) is 12.2 Å². The first-order valence-corrected chi connectivity index (χ1v) is 10.3. The molecule has 7 heteroatoms. The van der Waals surface area contributed by atoms with Crippen molar-refractivity contribution in [1.82, 2.24) is 19.2 Å². The second kappa shape index (κ2) is 8.08. The Morgan fingerprint density at radius 2 is 1.72 bits per heavy atom. The molecule has 152 valence electrons. The van der Waals surface area contributed by atoms with Crippen LogP contribution in [0.5, 0.6) is 0 Å². The molecule has 4 rings (SSSR count). The Labute approximate surface area is 176 Å². The van der Waals surface area contributed by atoms with Gasteiger partial charge in [-0.2, -0.15) is 5.10 Å². The van der Waals surface area contributed by atoms with E-state index in [0.717, 1.165) is 26.2 Å². The van der Waals surface area contributed by atoms with Crippen molar-refractivity contribution in [2.75, 3.05) is 31.1 Å². The van der Waals surface area contributed by atoms with Crippen LogP contribution in [0.1, 0.15) is 11.1 Å². The minimum Gasteiger partial charge on any atom is -0.369 e. The van der Waals surface area contributed by atoms with Gasteiger partial charge in [0.1, 0.15) is 5.82 Å². The van der Waals surface area contributed by atoms with Crippen molar-refractivity contribution in [3.8, 4) is 11.4 Å². The van der Waals surface area contributed by atoms with Crippen molar-refractivity contribution < 1.29 is 4.39 Å². The number of aromatic nitrogens is 3. The maximum absolute atomic E-state index is 14.2. The van der Waals surface area contributed by atoms with Gasteiger partial charge in [0.05, 0.1) is 12.2 Å². The highest BCUT2D eigenvalue weighted by Crippen LogP contribution is 2.24. The molecule has 5 nitrogen and oxygen atoms in total. The molecular weight excluding hydrogens is 385 g/mol. The SMILES string of the molecule is Cc1cccc(N2CCN(Cn3nc(-c4ccccc4F)n(C)c3=S)CC2)c1C. The van der Waals surface area contributed by atoms with Crippen LogP contribution in [0.2, 0.25) is 0 Å². The number of halogens is 1. The molecule has 0 radical (unpaired) electrons. The number of hydrogen-bond donors (Lipinski definition) is 0. The van der Waals surface area contributed by atoms with Gasteiger partial charge < -0.3 is 9.47 Å². The van der Waals surface area contributed by atoms with Crippen LogP contribution in [-0.4, -0.2) is 45.4 Å². The minimum atomic E-state index is -0.287. The normalized spacial score (nSPS) is 15.1. The highest BCUT2D eigenvalue weighted by atomic mass is 32.1. The molecule has 0 saturated carbocycles. The molecule has 0 atom stereocenters. The number of anilines is 1. The third-order valence-electron chi connectivity index (χ3n) is 5.78. The van der Waals surface area contributed by atoms with Crippen molar-refractivity contribution >= 4 is 17.9 Å². The van der Waals surface area contributed by atoms with Crippen molar-refractivity contribution in [3.63, 3.8) is 0 Å². The summed E-state index contributed by atoms with van der Waals surface area (Å²) in [7, 11) is 1.84. The summed E-state index contributed by atoms with van der Waals surface area (Å²) in [6.07, 6.45) is 0. The second-order valence-electron chi connectivity index (χ2n) is 7.61. The van der Waals surface area contributed by atoms with Crippen LogP contribution in [0.3, 0.4) is 0 Å². The van der Waals surface area contributed by atoms with Crippen LogP contribution in [0.15, 0.2) is 42.5 Å². The Hall–Kier alpha value is -2.51. The first kappa shape index (κ1) is 19.8. The molecule has 0 unspecified atom stereocenters. The maximum atomic E-state index is 14.2. The summed E-state index contributed by atoms with van der Waals surface area (Å²) in [6.45, 7) is 8.75. The van der Waals surface area contributed by atoms with Crippen molar-refractivity contribution in [1.29, 1.82) is 0 Å². The lowest BCUT2D eigenvalue weighted by Gasteiger charge is -2.36. The zero-order chi connectivity index (χ0) is 20.5. The van der Waals surface area contributed by atoms with Crippen LogP contribution in [0, 0.1) is 24.4 Å². The molecule has 1 aromatic heterocycles. The van der Waals surface area contributed by atoms with E-state index in [1.165, 1.54) is 22.9 Å². The van der Waals surface area contributed by atoms with Gasteiger partial charge in [0.25, 0.3) is 0 Å². The molecule has 0 amide bonds. The third kappa shape index (κ3) is 3.84. The number of nitrogens with zero attached hydrogens (tertiary/aromatic N) is 5. The van der Waals surface area contributed by atoms with Gasteiger partial charge in [0.2, 0.25) is 0 Å². The number of piperazine rings is 1. The Morgan fingerprint density at radius 3 is 2.45 bits per heavy atom. The topological polar surface area (TPSA) is 29.2 Å². The lowest BCUT2D eigenvalue weighted by molar-refractivity contribution is 0.194. The predicted molar refractivity (Wildman–Crippen MR) is 117 cm³/mol. The van der Waals surface area contributed by atoms with Crippen molar-refractivity contribution in [3.05, 3.63) is 64.2 Å². The zero-order valence-corrected chi connectivity index (χ0v) is 17.9. The molecular formula is C22H26FN5S. The van der Waals surface area contributed by atoms with Gasteiger partial charge in [-0.1, -0.05) is 24.3 Å². The molecule has 3 aromatic rings. The molecule has 1 aliphatic heterocycles. The van der Waals surface area contributed by atoms with Gasteiger partial charge in [-0.05, 0) is 55.4 Å². The van der Waals surface area contributed by atoms with Crippen LogP contribution in [0.25, 0.3) is 11.4 Å². The monoisotopic (exact) mass is 411 g/mol. The summed E-state index contributed by atoms with van der Waals surface area (Å²) < 4.78 is 18.4. The first-order valence-electron chi connectivity index (χ1n) is 9.88. The van der Waals surface area contributed by atoms with Gasteiger partial charge in [-0.3, -0.25) is 4.90 Å². The second-order valence-corrected chi connectivity index (χ2v) is 7.98. The smallest absolute Gasteiger partial charge is 0.199 e. The van der Waals surface area contributed by atoms with E-state index in [-0.39, 0.29) is 5.82 Å². The van der Waals surface area contributed by atoms with E-state index in [1.54, 1.807) is 21.4 Å². The van der Waals surface area contributed by atoms with Crippen molar-refractivity contribution in [2.45, 2.75) is 20.5 Å². The summed E-state index contributed by atoms with van der Waals surface area (Å²) in [4.78, 5) is 4.79. The number of hydrogen-bond acceptors (Lipinski definition) is 4. The summed E-state index contributed by atoms with van der Waals surface area (Å²) in [5, 5.41) is 4.62. The number of aryl methyl sites for hydroxylation is 1. The molecule has 1 saturated heterocycles. The summed E-state index contributed by atoms with van der Waals surface area (Å²) in [6, 6.07) is 13.2. The van der Waals surface area contributed by atoms with E-state index in [9.17, 15) is 4.39 Å². The fourth-order valence-electron chi connectivity index (χ4n) is 3.85. The number of rotatable bonds is 4. The van der Waals surface area contributed by atoms with Gasteiger partial charge in [0.15, 0.2) is 10.6 Å². The molecule has 1 fully saturated rings. The van der Waals surface area contributed by atoms with E-state index in [1.807, 2.05) is 13.1 Å². The fourth-order valence-corrected chi connectivity index (χ4v) is 4.04. The van der Waals surface area contributed by atoms with Crippen LogP contribution in [-0.2, 0) is 13.7 Å². The molecule has 0 bridgehead atoms. The molecule has 0 aliphatic carbocycles. The molecule has 2 heterocycles. The molecule has 1 aliphatic rings. The Bertz CT molecular complexity index is 1080. The summed E-state index contributed by atoms with van der Waals surface area (Å²) >= 11 is 5.56. The van der Waals surface area contributed by atoms with Crippen LogP contribution >= 0.6 is 12.2 Å². The molecule has 0 spiro atoms. The summed E-state index contributed by atoms with van der Waals surface area (Å²) in [5.41, 5.74) is 4.47. The lowest BCUT2D eigenvalue weighted by Crippen LogP contribution is -2.47. The zero-order valence-electron chi connectivity index (χ0n) is 17.1.